The first-order valence-corrected chi connectivity index (χ1v) is 10.4. The van der Waals surface area contributed by atoms with E-state index in [1.807, 2.05) is 10.6 Å². The molecule has 14 heteroatoms. The first kappa shape index (κ1) is 29.0. The number of carbonyl (C=O) groups excluding carboxylic acids is 3. The van der Waals surface area contributed by atoms with Crippen LogP contribution in [0.1, 0.15) is 24.8 Å². The van der Waals surface area contributed by atoms with Gasteiger partial charge in [0, 0.05) is 6.42 Å². The van der Waals surface area contributed by atoms with Crippen LogP contribution in [0.15, 0.2) is 30.3 Å². The molecule has 0 saturated carbocycles. The third kappa shape index (κ3) is 10.6. The fourth-order valence-electron chi connectivity index (χ4n) is 2.89. The Morgan fingerprint density at radius 1 is 0.771 bits per heavy atom. The van der Waals surface area contributed by atoms with Crippen molar-refractivity contribution in [3.8, 4) is 0 Å². The molecular formula is C21H28N4O10. The Balaban J connectivity index is 2.84. The van der Waals surface area contributed by atoms with Gasteiger partial charge in [0.1, 0.15) is 18.1 Å². The monoisotopic (exact) mass is 496 g/mol. The predicted molar refractivity (Wildman–Crippen MR) is 118 cm³/mol. The summed E-state index contributed by atoms with van der Waals surface area (Å²) < 4.78 is 0. The Bertz CT molecular complexity index is 924. The molecule has 35 heavy (non-hydrogen) atoms. The molecule has 0 aliphatic rings. The van der Waals surface area contributed by atoms with E-state index < -0.39 is 85.7 Å². The molecule has 1 aromatic rings. The molecule has 1 rings (SSSR count). The van der Waals surface area contributed by atoms with E-state index in [2.05, 4.69) is 5.32 Å². The molecule has 0 aromatic heterocycles. The van der Waals surface area contributed by atoms with Gasteiger partial charge >= 0.3 is 17.9 Å². The van der Waals surface area contributed by atoms with Crippen LogP contribution in [0, 0.1) is 0 Å². The van der Waals surface area contributed by atoms with Crippen molar-refractivity contribution < 1.29 is 49.2 Å². The van der Waals surface area contributed by atoms with Crippen LogP contribution < -0.4 is 21.7 Å². The summed E-state index contributed by atoms with van der Waals surface area (Å²) in [4.78, 5) is 70.4. The molecule has 0 aliphatic heterocycles. The number of hydrogen-bond donors (Lipinski definition) is 8. The molecule has 0 radical (unpaired) electrons. The molecular weight excluding hydrogens is 468 g/mol. The Morgan fingerprint density at radius 3 is 1.83 bits per heavy atom. The van der Waals surface area contributed by atoms with Gasteiger partial charge in [-0.2, -0.15) is 0 Å². The van der Waals surface area contributed by atoms with Crippen molar-refractivity contribution in [3.63, 3.8) is 0 Å². The van der Waals surface area contributed by atoms with Crippen LogP contribution in [0.25, 0.3) is 0 Å². The van der Waals surface area contributed by atoms with Crippen molar-refractivity contribution in [1.82, 2.24) is 16.0 Å². The third-order valence-corrected chi connectivity index (χ3v) is 4.72. The number of hydrogen-bond acceptors (Lipinski definition) is 8. The maximum absolute atomic E-state index is 12.6. The van der Waals surface area contributed by atoms with E-state index in [0.717, 1.165) is 5.56 Å². The predicted octanol–water partition coefficient (Wildman–Crippen LogP) is -2.57. The van der Waals surface area contributed by atoms with Gasteiger partial charge in [0.25, 0.3) is 0 Å². The largest absolute Gasteiger partial charge is 0.481 e. The van der Waals surface area contributed by atoms with Crippen LogP contribution in [0.4, 0.5) is 0 Å². The van der Waals surface area contributed by atoms with Gasteiger partial charge in [-0.15, -0.1) is 0 Å². The Morgan fingerprint density at radius 2 is 1.31 bits per heavy atom. The van der Waals surface area contributed by atoms with Gasteiger partial charge in [-0.05, 0) is 18.4 Å². The van der Waals surface area contributed by atoms with Gasteiger partial charge < -0.3 is 42.1 Å². The molecule has 14 nitrogen and oxygen atoms in total. The van der Waals surface area contributed by atoms with Crippen LogP contribution >= 0.6 is 0 Å². The van der Waals surface area contributed by atoms with Crippen molar-refractivity contribution in [2.75, 3.05) is 6.61 Å². The van der Waals surface area contributed by atoms with Crippen LogP contribution in [0.3, 0.4) is 0 Å². The summed E-state index contributed by atoms with van der Waals surface area (Å²) in [7, 11) is 0. The summed E-state index contributed by atoms with van der Waals surface area (Å²) >= 11 is 0. The summed E-state index contributed by atoms with van der Waals surface area (Å²) in [6.45, 7) is -0.996. The second-order valence-electron chi connectivity index (χ2n) is 7.53. The zero-order valence-electron chi connectivity index (χ0n) is 18.5. The fourth-order valence-corrected chi connectivity index (χ4v) is 2.89. The smallest absolute Gasteiger partial charge is 0.326 e. The standard InChI is InChI=1S/C21H28N4O10/c22-12(8-11-4-2-1-3-5-11)18(31)24-14(9-17(29)30)19(32)25-15(10-26)20(33)23-13(21(34)35)6-7-16(27)28/h1-5,12-15,26H,6-10,22H2,(H,23,33)(H,24,31)(H,25,32)(H,27,28)(H,29,30)(H,34,35). The average molecular weight is 496 g/mol. The lowest BCUT2D eigenvalue weighted by molar-refractivity contribution is -0.144. The SMILES string of the molecule is NC(Cc1ccccc1)C(=O)NC(CC(=O)O)C(=O)NC(CO)C(=O)NC(CCC(=O)O)C(=O)O. The van der Waals surface area contributed by atoms with E-state index in [9.17, 15) is 33.9 Å². The van der Waals surface area contributed by atoms with Crippen LogP contribution in [-0.4, -0.2) is 86.8 Å². The maximum atomic E-state index is 12.6. The molecule has 4 atom stereocenters. The summed E-state index contributed by atoms with van der Waals surface area (Å²) in [5.41, 5.74) is 6.57. The van der Waals surface area contributed by atoms with Crippen molar-refractivity contribution in [2.24, 2.45) is 5.73 Å². The van der Waals surface area contributed by atoms with Crippen molar-refractivity contribution in [3.05, 3.63) is 35.9 Å². The van der Waals surface area contributed by atoms with Crippen LogP contribution in [-0.2, 0) is 35.2 Å². The second kappa shape index (κ2) is 14.3. The molecule has 4 unspecified atom stereocenters. The second-order valence-corrected chi connectivity index (χ2v) is 7.53. The summed E-state index contributed by atoms with van der Waals surface area (Å²) in [6, 6.07) is 2.57. The number of rotatable bonds is 15. The lowest BCUT2D eigenvalue weighted by atomic mass is 10.1. The molecule has 192 valence electrons. The Hall–Kier alpha value is -4.04. The minimum Gasteiger partial charge on any atom is -0.481 e. The molecule has 3 amide bonds. The molecule has 0 fully saturated rings. The van der Waals surface area contributed by atoms with E-state index in [1.54, 1.807) is 30.3 Å². The molecule has 0 aliphatic carbocycles. The number of aliphatic carboxylic acids is 3. The number of benzene rings is 1. The number of aliphatic hydroxyl groups excluding tert-OH is 1. The molecule has 9 N–H and O–H groups in total. The Labute approximate surface area is 199 Å². The first-order valence-electron chi connectivity index (χ1n) is 10.4. The number of nitrogens with two attached hydrogens (primary N) is 1. The lowest BCUT2D eigenvalue weighted by Crippen LogP contribution is -2.58. The minimum atomic E-state index is -1.71. The van der Waals surface area contributed by atoms with E-state index in [4.69, 9.17) is 21.1 Å². The number of nitrogens with one attached hydrogen (secondary N) is 3. The van der Waals surface area contributed by atoms with Gasteiger partial charge in [0.05, 0.1) is 19.1 Å². The highest BCUT2D eigenvalue weighted by Gasteiger charge is 2.31. The highest BCUT2D eigenvalue weighted by molar-refractivity contribution is 5.95. The quantitative estimate of drug-likeness (QED) is 0.125. The zero-order chi connectivity index (χ0) is 26.5. The number of carbonyl (C=O) groups is 6. The van der Waals surface area contributed by atoms with Crippen molar-refractivity contribution in [2.45, 2.75) is 49.9 Å². The van der Waals surface area contributed by atoms with Crippen LogP contribution in [0.5, 0.6) is 0 Å². The highest BCUT2D eigenvalue weighted by Crippen LogP contribution is 2.04. The van der Waals surface area contributed by atoms with E-state index in [-0.39, 0.29) is 6.42 Å². The van der Waals surface area contributed by atoms with Gasteiger partial charge in [-0.1, -0.05) is 30.3 Å². The molecule has 0 saturated heterocycles. The van der Waals surface area contributed by atoms with Gasteiger partial charge in [0.15, 0.2) is 0 Å². The van der Waals surface area contributed by atoms with E-state index in [1.165, 1.54) is 0 Å². The summed E-state index contributed by atoms with van der Waals surface area (Å²) in [5, 5.41) is 42.6. The van der Waals surface area contributed by atoms with Gasteiger partial charge in [0.2, 0.25) is 17.7 Å². The first-order chi connectivity index (χ1) is 16.4. The summed E-state index contributed by atoms with van der Waals surface area (Å²) in [6.07, 6.45) is -1.79. The minimum absolute atomic E-state index is 0.0999. The number of carboxylic acid groups (broad SMARTS) is 3. The fraction of sp³-hybridized carbons (Fsp3) is 0.429. The zero-order valence-corrected chi connectivity index (χ0v) is 18.5. The van der Waals surface area contributed by atoms with E-state index >= 15 is 0 Å². The molecule has 0 bridgehead atoms. The molecule has 0 spiro atoms. The number of carboxylic acids is 3. The van der Waals surface area contributed by atoms with Gasteiger partial charge in [-0.25, -0.2) is 4.79 Å². The normalized spacial score (nSPS) is 14.0. The number of aliphatic hydroxyl groups is 1. The van der Waals surface area contributed by atoms with Crippen molar-refractivity contribution >= 4 is 35.6 Å². The summed E-state index contributed by atoms with van der Waals surface area (Å²) in [5.74, 6) is -7.41. The topological polar surface area (TPSA) is 245 Å². The molecule has 0 heterocycles. The Kier molecular flexibility index (Phi) is 11.8. The lowest BCUT2D eigenvalue weighted by Gasteiger charge is -2.23. The molecule has 1 aromatic carbocycles. The third-order valence-electron chi connectivity index (χ3n) is 4.72. The highest BCUT2D eigenvalue weighted by atomic mass is 16.4. The number of amides is 3. The van der Waals surface area contributed by atoms with Crippen LogP contribution in [0.2, 0.25) is 0 Å². The maximum Gasteiger partial charge on any atom is 0.326 e. The van der Waals surface area contributed by atoms with E-state index in [0.29, 0.717) is 0 Å². The van der Waals surface area contributed by atoms with Gasteiger partial charge in [-0.3, -0.25) is 24.0 Å². The van der Waals surface area contributed by atoms with Crippen molar-refractivity contribution in [1.29, 1.82) is 0 Å². The average Bonchev–Trinajstić information content (AvgIpc) is 2.79.